The largest absolute Gasteiger partial charge is 0.141 e. The van der Waals surface area contributed by atoms with Crippen molar-refractivity contribution in [1.82, 2.24) is 0 Å². The third-order valence-electron chi connectivity index (χ3n) is 9.04. The fourth-order valence-corrected chi connectivity index (χ4v) is 8.88. The molecule has 0 bridgehead atoms. The van der Waals surface area contributed by atoms with E-state index in [0.717, 1.165) is 0 Å². The third kappa shape index (κ3) is 3.28. The van der Waals surface area contributed by atoms with Gasteiger partial charge in [-0.25, -0.2) is 0 Å². The molecule has 186 valence electrons. The number of hydrogen-bond donors (Lipinski definition) is 0. The Balaban J connectivity index is 1.39. The summed E-state index contributed by atoms with van der Waals surface area (Å²) in [6.45, 7) is 16.5. The number of benzene rings is 3. The van der Waals surface area contributed by atoms with Crippen molar-refractivity contribution in [2.45, 2.75) is 71.0 Å². The highest BCUT2D eigenvalue weighted by molar-refractivity contribution is 8.09. The SMILES string of the molecule is Cc1ccc(-c2cc(C)c3c(c2)C(C)(C)c2cc4c(cc2-3)C(C)(C)c2cc(C3=CCC(C)S3)ccc2-4)s1. The van der Waals surface area contributed by atoms with Crippen molar-refractivity contribution in [1.29, 1.82) is 0 Å². The van der Waals surface area contributed by atoms with E-state index in [1.165, 1.54) is 82.3 Å². The van der Waals surface area contributed by atoms with Gasteiger partial charge in [0.25, 0.3) is 0 Å². The molecule has 1 aromatic heterocycles. The van der Waals surface area contributed by atoms with Crippen molar-refractivity contribution in [3.8, 4) is 32.7 Å². The van der Waals surface area contributed by atoms with E-state index in [1.807, 2.05) is 23.1 Å². The summed E-state index contributed by atoms with van der Waals surface area (Å²) in [5.74, 6) is 0. The van der Waals surface area contributed by atoms with Crippen LogP contribution >= 0.6 is 23.1 Å². The Morgan fingerprint density at radius 1 is 0.703 bits per heavy atom. The molecule has 7 rings (SSSR count). The second-order valence-electron chi connectivity index (χ2n) is 12.3. The number of fused-ring (bicyclic) bond motifs is 6. The highest BCUT2D eigenvalue weighted by atomic mass is 32.2. The van der Waals surface area contributed by atoms with Gasteiger partial charge in [0.15, 0.2) is 0 Å². The van der Waals surface area contributed by atoms with Gasteiger partial charge >= 0.3 is 0 Å². The molecule has 0 saturated heterocycles. The first-order chi connectivity index (χ1) is 17.6. The Morgan fingerprint density at radius 2 is 1.38 bits per heavy atom. The molecule has 3 aromatic carbocycles. The molecule has 1 aliphatic heterocycles. The quantitative estimate of drug-likeness (QED) is 0.254. The zero-order chi connectivity index (χ0) is 25.9. The predicted octanol–water partition coefficient (Wildman–Crippen LogP) is 10.5. The molecule has 3 aliphatic rings. The Labute approximate surface area is 229 Å². The minimum absolute atomic E-state index is 0.0135. The fraction of sp³-hybridized carbons (Fsp3) is 0.314. The average Bonchev–Trinajstić information content (AvgIpc) is 3.59. The highest BCUT2D eigenvalue weighted by Crippen LogP contribution is 2.57. The molecule has 0 N–H and O–H groups in total. The van der Waals surface area contributed by atoms with Crippen molar-refractivity contribution in [3.63, 3.8) is 0 Å². The monoisotopic (exact) mass is 518 g/mol. The van der Waals surface area contributed by atoms with E-state index in [9.17, 15) is 0 Å². The molecule has 0 spiro atoms. The lowest BCUT2D eigenvalue weighted by molar-refractivity contribution is 0.652. The van der Waals surface area contributed by atoms with Crippen LogP contribution in [0.3, 0.4) is 0 Å². The average molecular weight is 519 g/mol. The lowest BCUT2D eigenvalue weighted by Crippen LogP contribution is -2.17. The standard InChI is InChI=1S/C35H34S2/c1-19-14-23(32-13-9-21(3)37-32)16-30-33(19)26-18-28-25(17-29(26)35(30,6)7)24-11-10-22(15-27(24)34(28,4)5)31-12-8-20(2)36-31/h9-18,20H,8H2,1-7H3. The van der Waals surface area contributed by atoms with Gasteiger partial charge in [-0.15, -0.1) is 23.1 Å². The first kappa shape index (κ1) is 23.6. The molecule has 2 heterocycles. The van der Waals surface area contributed by atoms with Crippen LogP contribution in [0.25, 0.3) is 37.6 Å². The zero-order valence-electron chi connectivity index (χ0n) is 22.9. The number of thiophene rings is 1. The topological polar surface area (TPSA) is 0 Å². The molecular weight excluding hydrogens is 485 g/mol. The molecule has 2 aliphatic carbocycles. The van der Waals surface area contributed by atoms with E-state index in [0.29, 0.717) is 5.25 Å². The van der Waals surface area contributed by atoms with Crippen LogP contribution in [0.4, 0.5) is 0 Å². The number of allylic oxidation sites excluding steroid dienone is 1. The second kappa shape index (κ2) is 7.74. The van der Waals surface area contributed by atoms with Crippen molar-refractivity contribution < 1.29 is 0 Å². The van der Waals surface area contributed by atoms with Crippen molar-refractivity contribution >= 4 is 28.0 Å². The summed E-state index contributed by atoms with van der Waals surface area (Å²) >= 11 is 3.92. The van der Waals surface area contributed by atoms with Crippen LogP contribution in [-0.2, 0) is 10.8 Å². The molecule has 0 amide bonds. The maximum atomic E-state index is 2.55. The summed E-state index contributed by atoms with van der Waals surface area (Å²) < 4.78 is 0. The zero-order valence-corrected chi connectivity index (χ0v) is 24.5. The van der Waals surface area contributed by atoms with Crippen LogP contribution in [0.5, 0.6) is 0 Å². The van der Waals surface area contributed by atoms with Gasteiger partial charge in [-0.05, 0) is 124 Å². The molecule has 2 heteroatoms. The maximum absolute atomic E-state index is 2.55. The molecule has 0 radical (unpaired) electrons. The summed E-state index contributed by atoms with van der Waals surface area (Å²) in [5, 5.41) is 0.686. The smallest absolute Gasteiger partial charge is 0.0345 e. The van der Waals surface area contributed by atoms with Gasteiger partial charge in [-0.2, -0.15) is 0 Å². The van der Waals surface area contributed by atoms with Crippen LogP contribution < -0.4 is 0 Å². The third-order valence-corrected chi connectivity index (χ3v) is 11.3. The maximum Gasteiger partial charge on any atom is 0.0345 e. The molecule has 37 heavy (non-hydrogen) atoms. The lowest BCUT2D eigenvalue weighted by Gasteiger charge is -2.24. The molecule has 4 aromatic rings. The van der Waals surface area contributed by atoms with Gasteiger partial charge in [-0.3, -0.25) is 0 Å². The van der Waals surface area contributed by atoms with Gasteiger partial charge in [0, 0.05) is 30.7 Å². The Bertz CT molecular complexity index is 1660. The van der Waals surface area contributed by atoms with Gasteiger partial charge < -0.3 is 0 Å². The van der Waals surface area contributed by atoms with Crippen molar-refractivity contribution in [3.05, 3.63) is 98.9 Å². The molecule has 0 fully saturated rings. The summed E-state index contributed by atoms with van der Waals surface area (Å²) in [7, 11) is 0. The first-order valence-corrected chi connectivity index (χ1v) is 15.2. The van der Waals surface area contributed by atoms with Crippen LogP contribution in [0.2, 0.25) is 0 Å². The van der Waals surface area contributed by atoms with Crippen molar-refractivity contribution in [2.24, 2.45) is 0 Å². The first-order valence-electron chi connectivity index (χ1n) is 13.5. The van der Waals surface area contributed by atoms with E-state index in [2.05, 4.69) is 109 Å². The van der Waals surface area contributed by atoms with Gasteiger partial charge in [0.05, 0.1) is 0 Å². The minimum atomic E-state index is -0.0267. The fourth-order valence-electron chi connectivity index (χ4n) is 6.94. The van der Waals surface area contributed by atoms with Crippen LogP contribution in [0, 0.1) is 13.8 Å². The normalized spacial score (nSPS) is 19.9. The van der Waals surface area contributed by atoms with E-state index < -0.39 is 0 Å². The Hall–Kier alpha value is -2.55. The Kier molecular flexibility index (Phi) is 4.93. The lowest BCUT2D eigenvalue weighted by atomic mass is 9.79. The summed E-state index contributed by atoms with van der Waals surface area (Å²) in [6.07, 6.45) is 3.60. The molecule has 1 unspecified atom stereocenters. The van der Waals surface area contributed by atoms with E-state index >= 15 is 0 Å². The second-order valence-corrected chi connectivity index (χ2v) is 15.1. The van der Waals surface area contributed by atoms with Crippen LogP contribution in [0.1, 0.15) is 79.3 Å². The molecular formula is C35H34S2. The number of aryl methyl sites for hydroxylation is 2. The van der Waals surface area contributed by atoms with E-state index in [-0.39, 0.29) is 10.8 Å². The summed E-state index contributed by atoms with van der Waals surface area (Å²) in [6, 6.07) is 21.7. The number of rotatable bonds is 2. The summed E-state index contributed by atoms with van der Waals surface area (Å²) in [4.78, 5) is 4.19. The molecule has 0 saturated carbocycles. The van der Waals surface area contributed by atoms with Crippen LogP contribution in [-0.4, -0.2) is 5.25 Å². The summed E-state index contributed by atoms with van der Waals surface area (Å²) in [5.41, 5.74) is 15.7. The minimum Gasteiger partial charge on any atom is -0.141 e. The number of hydrogen-bond acceptors (Lipinski definition) is 2. The predicted molar refractivity (Wildman–Crippen MR) is 164 cm³/mol. The van der Waals surface area contributed by atoms with Gasteiger partial charge in [0.1, 0.15) is 0 Å². The number of thioether (sulfide) groups is 1. The van der Waals surface area contributed by atoms with Crippen LogP contribution in [0.15, 0.2) is 60.7 Å². The highest BCUT2D eigenvalue weighted by Gasteiger charge is 2.42. The van der Waals surface area contributed by atoms with Crippen molar-refractivity contribution in [2.75, 3.05) is 0 Å². The molecule has 0 nitrogen and oxygen atoms in total. The van der Waals surface area contributed by atoms with Gasteiger partial charge in [-0.1, -0.05) is 52.8 Å². The van der Waals surface area contributed by atoms with E-state index in [4.69, 9.17) is 0 Å². The van der Waals surface area contributed by atoms with Gasteiger partial charge in [0.2, 0.25) is 0 Å². The Morgan fingerprint density at radius 3 is 2.08 bits per heavy atom. The van der Waals surface area contributed by atoms with E-state index in [1.54, 1.807) is 0 Å². The molecule has 1 atom stereocenters.